The van der Waals surface area contributed by atoms with Gasteiger partial charge in [0.1, 0.15) is 11.2 Å². The van der Waals surface area contributed by atoms with E-state index >= 15 is 0 Å². The van der Waals surface area contributed by atoms with Crippen LogP contribution < -0.4 is 20.8 Å². The highest BCUT2D eigenvalue weighted by Gasteiger charge is 2.20. The van der Waals surface area contributed by atoms with Crippen LogP contribution >= 0.6 is 7.92 Å². The molecule has 0 fully saturated rings. The number of pyridine rings is 1. The molecule has 0 N–H and O–H groups in total. The van der Waals surface area contributed by atoms with Crippen molar-refractivity contribution in [1.82, 2.24) is 4.98 Å². The maximum absolute atomic E-state index is 5.52. The summed E-state index contributed by atoms with van der Waals surface area (Å²) in [6.07, 6.45) is 1.83. The van der Waals surface area contributed by atoms with E-state index in [4.69, 9.17) is 4.74 Å². The summed E-state index contributed by atoms with van der Waals surface area (Å²) in [6.45, 7) is 4.00. The van der Waals surface area contributed by atoms with E-state index in [0.29, 0.717) is 0 Å². The summed E-state index contributed by atoms with van der Waals surface area (Å²) in [5, 5.41) is 2.55. The largest absolute Gasteiger partial charge is 0.494 e. The molecule has 0 spiro atoms. The molecule has 3 heteroatoms. The Morgan fingerprint density at radius 1 is 0.739 bits per heavy atom. The van der Waals surface area contributed by atoms with Gasteiger partial charge in [-0.2, -0.15) is 0 Å². The van der Waals surface area contributed by atoms with Crippen LogP contribution in [-0.4, -0.2) is 12.1 Å². The number of nitrogens with zero attached hydrogens (tertiary/aromatic N) is 1. The van der Waals surface area contributed by atoms with Gasteiger partial charge in [0, 0.05) is 14.1 Å². The van der Waals surface area contributed by atoms with Crippen molar-refractivity contribution in [1.29, 1.82) is 0 Å². The summed E-state index contributed by atoms with van der Waals surface area (Å²) >= 11 is 0. The van der Waals surface area contributed by atoms with Crippen LogP contribution in [0.25, 0.3) is 0 Å². The highest BCUT2D eigenvalue weighted by atomic mass is 31.1. The van der Waals surface area contributed by atoms with Gasteiger partial charge in [-0.25, -0.2) is 0 Å². The molecule has 0 bridgehead atoms. The molecule has 1 heterocycles. The first-order chi connectivity index (χ1) is 11.4. The minimum Gasteiger partial charge on any atom is -0.494 e. The Kier molecular flexibility index (Phi) is 6.77. The van der Waals surface area contributed by atoms with Crippen molar-refractivity contribution in [3.8, 4) is 5.75 Å². The standard InChI is InChI=1S/C18H16NOP.C2H6/c1-20-17-13-8-14-19-18(17)21(15-9-4-2-5-10-15)16-11-6-3-7-12-16;1-2/h2-14H,1H3;1-2H3. The van der Waals surface area contributed by atoms with Crippen LogP contribution in [0.1, 0.15) is 13.8 Å². The highest BCUT2D eigenvalue weighted by Crippen LogP contribution is 2.34. The lowest BCUT2D eigenvalue weighted by molar-refractivity contribution is 0.417. The smallest absolute Gasteiger partial charge is 0.145 e. The zero-order valence-electron chi connectivity index (χ0n) is 13.8. The molecule has 23 heavy (non-hydrogen) atoms. The minimum atomic E-state index is -0.709. The first kappa shape index (κ1) is 17.2. The van der Waals surface area contributed by atoms with Gasteiger partial charge in [0.25, 0.3) is 0 Å². The monoisotopic (exact) mass is 323 g/mol. The molecule has 0 radical (unpaired) electrons. The maximum atomic E-state index is 5.52. The molecule has 3 rings (SSSR count). The Labute approximate surface area is 139 Å². The van der Waals surface area contributed by atoms with Gasteiger partial charge in [0.15, 0.2) is 0 Å². The Morgan fingerprint density at radius 2 is 1.26 bits per heavy atom. The van der Waals surface area contributed by atoms with Gasteiger partial charge in [0.2, 0.25) is 0 Å². The molecule has 0 aliphatic heterocycles. The topological polar surface area (TPSA) is 22.1 Å². The van der Waals surface area contributed by atoms with Crippen molar-refractivity contribution < 1.29 is 4.74 Å². The SMILES string of the molecule is CC.COc1cccnc1P(c1ccccc1)c1ccccc1. The van der Waals surface area contributed by atoms with Crippen molar-refractivity contribution in [3.63, 3.8) is 0 Å². The van der Waals surface area contributed by atoms with E-state index in [1.807, 2.05) is 44.3 Å². The Hall–Kier alpha value is -2.18. The van der Waals surface area contributed by atoms with Crippen LogP contribution in [0.5, 0.6) is 5.75 Å². The first-order valence-electron chi connectivity index (χ1n) is 7.79. The second-order valence-electron chi connectivity index (χ2n) is 4.54. The molecule has 0 aliphatic rings. The molecule has 0 saturated carbocycles. The van der Waals surface area contributed by atoms with E-state index in [0.717, 1.165) is 11.2 Å². The minimum absolute atomic E-state index is 0.709. The lowest BCUT2D eigenvalue weighted by Gasteiger charge is -2.20. The summed E-state index contributed by atoms with van der Waals surface area (Å²) in [7, 11) is 0.990. The van der Waals surface area contributed by atoms with E-state index < -0.39 is 7.92 Å². The third kappa shape index (κ3) is 4.18. The quantitative estimate of drug-likeness (QED) is 0.680. The second kappa shape index (κ2) is 9.07. The van der Waals surface area contributed by atoms with Gasteiger partial charge >= 0.3 is 0 Å². The van der Waals surface area contributed by atoms with Gasteiger partial charge in [-0.1, -0.05) is 74.5 Å². The third-order valence-electron chi connectivity index (χ3n) is 3.21. The lowest BCUT2D eigenvalue weighted by atomic mass is 10.4. The van der Waals surface area contributed by atoms with E-state index in [9.17, 15) is 0 Å². The fraction of sp³-hybridized carbons (Fsp3) is 0.150. The van der Waals surface area contributed by atoms with Crippen LogP contribution in [0.3, 0.4) is 0 Å². The fourth-order valence-electron chi connectivity index (χ4n) is 2.26. The number of hydrogen-bond donors (Lipinski definition) is 0. The molecule has 0 amide bonds. The van der Waals surface area contributed by atoms with Gasteiger partial charge < -0.3 is 4.74 Å². The molecule has 2 nitrogen and oxygen atoms in total. The van der Waals surface area contributed by atoms with Crippen LogP contribution in [0, 0.1) is 0 Å². The molecule has 0 atom stereocenters. The van der Waals surface area contributed by atoms with Crippen molar-refractivity contribution in [3.05, 3.63) is 79.0 Å². The van der Waals surface area contributed by atoms with Gasteiger partial charge in [-0.15, -0.1) is 0 Å². The van der Waals surface area contributed by atoms with Crippen molar-refractivity contribution >= 4 is 24.0 Å². The summed E-state index contributed by atoms with van der Waals surface area (Å²) in [5.74, 6) is 0.844. The fourth-order valence-corrected chi connectivity index (χ4v) is 4.55. The van der Waals surface area contributed by atoms with Gasteiger partial charge in [-0.3, -0.25) is 4.98 Å². The summed E-state index contributed by atoms with van der Waals surface area (Å²) in [6, 6.07) is 24.9. The Bertz CT molecular complexity index is 662. The predicted molar refractivity (Wildman–Crippen MR) is 101 cm³/mol. The highest BCUT2D eigenvalue weighted by molar-refractivity contribution is 7.79. The summed E-state index contributed by atoms with van der Waals surface area (Å²) < 4.78 is 5.52. The average Bonchev–Trinajstić information content (AvgIpc) is 2.66. The van der Waals surface area contributed by atoms with Crippen molar-refractivity contribution in [2.45, 2.75) is 13.8 Å². The molecule has 0 aliphatic carbocycles. The number of ether oxygens (including phenoxy) is 1. The Balaban J connectivity index is 0.000000924. The van der Waals surface area contributed by atoms with Crippen LogP contribution in [-0.2, 0) is 0 Å². The molecule has 0 saturated heterocycles. The van der Waals surface area contributed by atoms with Crippen molar-refractivity contribution in [2.24, 2.45) is 0 Å². The number of aromatic nitrogens is 1. The van der Waals surface area contributed by atoms with E-state index in [1.165, 1.54) is 10.6 Å². The Morgan fingerprint density at radius 3 is 1.74 bits per heavy atom. The molecular weight excluding hydrogens is 301 g/mol. The van der Waals surface area contributed by atoms with Gasteiger partial charge in [0.05, 0.1) is 7.11 Å². The van der Waals surface area contributed by atoms with E-state index in [1.54, 1.807) is 7.11 Å². The first-order valence-corrected chi connectivity index (χ1v) is 9.13. The van der Waals surface area contributed by atoms with Crippen LogP contribution in [0.2, 0.25) is 0 Å². The molecule has 3 aromatic rings. The molecule has 0 unspecified atom stereocenters. The van der Waals surface area contributed by atoms with Gasteiger partial charge in [-0.05, 0) is 22.7 Å². The molecule has 2 aromatic carbocycles. The lowest BCUT2D eigenvalue weighted by Crippen LogP contribution is -2.23. The molecule has 1 aromatic heterocycles. The van der Waals surface area contributed by atoms with Crippen LogP contribution in [0.4, 0.5) is 0 Å². The number of rotatable bonds is 4. The molecule has 118 valence electrons. The normalized spacial score (nSPS) is 9.91. The summed E-state index contributed by atoms with van der Waals surface area (Å²) in [4.78, 5) is 4.61. The predicted octanol–water partition coefficient (Wildman–Crippen LogP) is 3.87. The molecular formula is C20H22NOP. The number of methoxy groups -OCH3 is 1. The average molecular weight is 323 g/mol. The zero-order chi connectivity index (χ0) is 16.5. The van der Waals surface area contributed by atoms with E-state index in [-0.39, 0.29) is 0 Å². The van der Waals surface area contributed by atoms with E-state index in [2.05, 4.69) is 53.5 Å². The zero-order valence-corrected chi connectivity index (χ0v) is 14.7. The summed E-state index contributed by atoms with van der Waals surface area (Å²) in [5.41, 5.74) is 1.01. The van der Waals surface area contributed by atoms with Crippen molar-refractivity contribution in [2.75, 3.05) is 7.11 Å². The van der Waals surface area contributed by atoms with Crippen LogP contribution in [0.15, 0.2) is 79.0 Å². The third-order valence-corrected chi connectivity index (χ3v) is 5.60. The number of hydrogen-bond acceptors (Lipinski definition) is 2. The number of benzene rings is 2. The second-order valence-corrected chi connectivity index (χ2v) is 6.66. The maximum Gasteiger partial charge on any atom is 0.145 e.